The van der Waals surface area contributed by atoms with Crippen LogP contribution < -0.4 is 0 Å². The van der Waals surface area contributed by atoms with Gasteiger partial charge < -0.3 is 4.42 Å². The van der Waals surface area contributed by atoms with Gasteiger partial charge in [0.1, 0.15) is 5.76 Å². The summed E-state index contributed by atoms with van der Waals surface area (Å²) in [5, 5.41) is 0. The van der Waals surface area contributed by atoms with E-state index in [1.165, 1.54) is 0 Å². The summed E-state index contributed by atoms with van der Waals surface area (Å²) in [5.74, 6) is 0.592. The summed E-state index contributed by atoms with van der Waals surface area (Å²) in [6.45, 7) is 0. The number of aldehydes is 1. The van der Waals surface area contributed by atoms with Crippen molar-refractivity contribution in [2.45, 2.75) is 0 Å². The van der Waals surface area contributed by atoms with Crippen LogP contribution in [0.25, 0.3) is 11.6 Å². The fourth-order valence-corrected chi connectivity index (χ4v) is 1.33. The van der Waals surface area contributed by atoms with Crippen LogP contribution in [0.3, 0.4) is 0 Å². The first kappa shape index (κ1) is 9.46. The van der Waals surface area contributed by atoms with Crippen LogP contribution in [0.5, 0.6) is 0 Å². The summed E-state index contributed by atoms with van der Waals surface area (Å²) in [4.78, 5) is 10.9. The molecule has 0 bridgehead atoms. The van der Waals surface area contributed by atoms with E-state index in [2.05, 4.69) is 0 Å². The Labute approximate surface area is 87.8 Å². The third-order valence-corrected chi connectivity index (χ3v) is 2.05. The zero-order valence-corrected chi connectivity index (χ0v) is 8.09. The van der Waals surface area contributed by atoms with Gasteiger partial charge in [-0.2, -0.15) is 0 Å². The fourth-order valence-electron chi connectivity index (χ4n) is 1.33. The molecule has 0 N–H and O–H groups in total. The molecule has 0 atom stereocenters. The maximum atomic E-state index is 10.9. The van der Waals surface area contributed by atoms with Crippen LogP contribution in [0.2, 0.25) is 0 Å². The maximum Gasteiger partial charge on any atom is 0.153 e. The first-order valence-corrected chi connectivity index (χ1v) is 4.66. The molecule has 0 aliphatic heterocycles. The minimum Gasteiger partial charge on any atom is -0.464 e. The molecule has 2 nitrogen and oxygen atoms in total. The van der Waals surface area contributed by atoms with Crippen LogP contribution in [0.15, 0.2) is 53.1 Å². The lowest BCUT2D eigenvalue weighted by atomic mass is 10.1. The van der Waals surface area contributed by atoms with Gasteiger partial charge in [-0.15, -0.1) is 0 Å². The standard InChI is InChI=1S/C13H10O2/c14-10-12(13-7-4-8-15-13)9-11-5-2-1-3-6-11/h1-10H/b12-9+. The van der Waals surface area contributed by atoms with E-state index in [0.717, 1.165) is 11.8 Å². The quantitative estimate of drug-likeness (QED) is 0.560. The Balaban J connectivity index is 2.36. The SMILES string of the molecule is O=C/C(=C\c1ccccc1)c1ccco1. The van der Waals surface area contributed by atoms with E-state index in [9.17, 15) is 4.79 Å². The predicted octanol–water partition coefficient (Wildman–Crippen LogP) is 3.02. The molecule has 0 saturated heterocycles. The Morgan fingerprint density at radius 1 is 1.07 bits per heavy atom. The maximum absolute atomic E-state index is 10.9. The highest BCUT2D eigenvalue weighted by Gasteiger charge is 2.02. The number of hydrogen-bond donors (Lipinski definition) is 0. The lowest BCUT2D eigenvalue weighted by Crippen LogP contribution is -1.82. The number of furan rings is 1. The van der Waals surface area contributed by atoms with Gasteiger partial charge in [0.15, 0.2) is 6.29 Å². The second-order valence-electron chi connectivity index (χ2n) is 3.11. The lowest BCUT2D eigenvalue weighted by molar-refractivity contribution is -0.103. The summed E-state index contributed by atoms with van der Waals surface area (Å²) < 4.78 is 5.16. The van der Waals surface area contributed by atoms with Crippen molar-refractivity contribution in [3.63, 3.8) is 0 Å². The largest absolute Gasteiger partial charge is 0.464 e. The molecule has 1 aromatic heterocycles. The Bertz CT molecular complexity index is 453. The van der Waals surface area contributed by atoms with Gasteiger partial charge in [0.25, 0.3) is 0 Å². The van der Waals surface area contributed by atoms with Gasteiger partial charge in [-0.1, -0.05) is 30.3 Å². The molecular weight excluding hydrogens is 188 g/mol. The van der Waals surface area contributed by atoms with E-state index < -0.39 is 0 Å². The highest BCUT2D eigenvalue weighted by Crippen LogP contribution is 2.16. The predicted molar refractivity (Wildman–Crippen MR) is 59.1 cm³/mol. The summed E-state index contributed by atoms with van der Waals surface area (Å²) in [6.07, 6.45) is 4.15. The molecule has 74 valence electrons. The highest BCUT2D eigenvalue weighted by atomic mass is 16.3. The topological polar surface area (TPSA) is 30.2 Å². The van der Waals surface area contributed by atoms with Gasteiger partial charge in [-0.25, -0.2) is 0 Å². The molecule has 0 fully saturated rings. The van der Waals surface area contributed by atoms with Gasteiger partial charge in [-0.05, 0) is 23.8 Å². The number of carbonyl (C=O) groups is 1. The van der Waals surface area contributed by atoms with Crippen LogP contribution in [0, 0.1) is 0 Å². The smallest absolute Gasteiger partial charge is 0.153 e. The van der Waals surface area contributed by atoms with E-state index in [-0.39, 0.29) is 0 Å². The third-order valence-electron chi connectivity index (χ3n) is 2.05. The average Bonchev–Trinajstić information content (AvgIpc) is 2.81. The van der Waals surface area contributed by atoms with Crippen molar-refractivity contribution < 1.29 is 9.21 Å². The van der Waals surface area contributed by atoms with Crippen molar-refractivity contribution in [2.24, 2.45) is 0 Å². The molecule has 0 spiro atoms. The third kappa shape index (κ3) is 2.23. The second kappa shape index (κ2) is 4.42. The zero-order chi connectivity index (χ0) is 10.5. The molecule has 15 heavy (non-hydrogen) atoms. The van der Waals surface area contributed by atoms with Crippen molar-refractivity contribution in [3.8, 4) is 0 Å². The summed E-state index contributed by atoms with van der Waals surface area (Å²) in [6, 6.07) is 13.2. The van der Waals surface area contributed by atoms with Crippen LogP contribution in [-0.4, -0.2) is 6.29 Å². The van der Waals surface area contributed by atoms with Crippen LogP contribution >= 0.6 is 0 Å². The van der Waals surface area contributed by atoms with Crippen molar-refractivity contribution in [3.05, 3.63) is 60.1 Å². The van der Waals surface area contributed by atoms with Crippen molar-refractivity contribution in [1.82, 2.24) is 0 Å². The number of carbonyl (C=O) groups excluding carboxylic acids is 1. The first-order chi connectivity index (χ1) is 7.40. The monoisotopic (exact) mass is 198 g/mol. The summed E-state index contributed by atoms with van der Waals surface area (Å²) in [7, 11) is 0. The summed E-state index contributed by atoms with van der Waals surface area (Å²) in [5.41, 5.74) is 1.53. The van der Waals surface area contributed by atoms with E-state index >= 15 is 0 Å². The fraction of sp³-hybridized carbons (Fsp3) is 0. The Morgan fingerprint density at radius 3 is 2.47 bits per heavy atom. The molecule has 0 unspecified atom stereocenters. The van der Waals surface area contributed by atoms with Crippen molar-refractivity contribution in [1.29, 1.82) is 0 Å². The molecule has 2 aromatic rings. The molecule has 1 aromatic carbocycles. The van der Waals surface area contributed by atoms with Crippen LogP contribution in [0.4, 0.5) is 0 Å². The van der Waals surface area contributed by atoms with E-state index in [1.54, 1.807) is 24.5 Å². The van der Waals surface area contributed by atoms with Gasteiger partial charge in [0.05, 0.1) is 11.8 Å². The van der Waals surface area contributed by atoms with Gasteiger partial charge in [0, 0.05) is 0 Å². The molecule has 0 saturated carbocycles. The Hall–Kier alpha value is -2.09. The number of hydrogen-bond acceptors (Lipinski definition) is 2. The minimum absolute atomic E-state index is 0.547. The molecule has 0 radical (unpaired) electrons. The van der Waals surface area contributed by atoms with Gasteiger partial charge in [-0.3, -0.25) is 4.79 Å². The van der Waals surface area contributed by atoms with Gasteiger partial charge in [0.2, 0.25) is 0 Å². The van der Waals surface area contributed by atoms with Crippen LogP contribution in [-0.2, 0) is 4.79 Å². The highest BCUT2D eigenvalue weighted by molar-refractivity contribution is 6.12. The molecule has 0 aliphatic rings. The molecule has 0 aliphatic carbocycles. The number of rotatable bonds is 3. The minimum atomic E-state index is 0.547. The van der Waals surface area contributed by atoms with Crippen molar-refractivity contribution in [2.75, 3.05) is 0 Å². The van der Waals surface area contributed by atoms with Crippen molar-refractivity contribution >= 4 is 17.9 Å². The Morgan fingerprint density at radius 2 is 1.87 bits per heavy atom. The molecule has 2 rings (SSSR count). The normalized spacial score (nSPS) is 11.3. The van der Waals surface area contributed by atoms with E-state index in [0.29, 0.717) is 11.3 Å². The van der Waals surface area contributed by atoms with E-state index in [1.807, 2.05) is 30.3 Å². The lowest BCUT2D eigenvalue weighted by Gasteiger charge is -1.95. The van der Waals surface area contributed by atoms with Crippen LogP contribution in [0.1, 0.15) is 11.3 Å². The average molecular weight is 198 g/mol. The summed E-state index contributed by atoms with van der Waals surface area (Å²) >= 11 is 0. The number of allylic oxidation sites excluding steroid dienone is 1. The molecular formula is C13H10O2. The van der Waals surface area contributed by atoms with Gasteiger partial charge >= 0.3 is 0 Å². The molecule has 0 amide bonds. The number of benzene rings is 1. The molecule has 2 heteroatoms. The first-order valence-electron chi connectivity index (χ1n) is 4.66. The zero-order valence-electron chi connectivity index (χ0n) is 8.09. The second-order valence-corrected chi connectivity index (χ2v) is 3.11. The molecule has 1 heterocycles. The Kier molecular flexibility index (Phi) is 2.79. The van der Waals surface area contributed by atoms with E-state index in [4.69, 9.17) is 4.42 Å².